The Morgan fingerprint density at radius 3 is 2.33 bits per heavy atom. The van der Waals surface area contributed by atoms with Crippen LogP contribution in [-0.2, 0) is 5.41 Å². The van der Waals surface area contributed by atoms with Crippen LogP contribution in [0.5, 0.6) is 11.5 Å². The van der Waals surface area contributed by atoms with Crippen LogP contribution in [-0.4, -0.2) is 14.5 Å². The average Bonchev–Trinajstić information content (AvgIpc) is 3.34. The first kappa shape index (κ1) is 24.9. The SMILES string of the molecule is CC1(C)c2ccccc2Sc2cc3c(cc21)c1cccnc1n3-c1cccc(Oc2cccc(-c3ccccn3)c2)c1. The lowest BCUT2D eigenvalue weighted by atomic mass is 9.77. The number of benzene rings is 4. The molecule has 1 aliphatic heterocycles. The Hall–Kier alpha value is -4.87. The standard InChI is InChI=1S/C37H27N3OS/c1-37(2)30-15-3-4-17-34(30)42-35-23-33-29(22-31(35)37)28-14-9-19-39-36(28)40(33)25-11-8-13-27(21-25)41-26-12-7-10-24(20-26)32-16-5-6-18-38-32/h3-23H,1-2H3. The molecule has 0 bridgehead atoms. The molecule has 42 heavy (non-hydrogen) atoms. The van der Waals surface area contributed by atoms with Crippen molar-refractivity contribution in [2.24, 2.45) is 0 Å². The van der Waals surface area contributed by atoms with Crippen LogP contribution in [0.1, 0.15) is 25.0 Å². The molecule has 7 aromatic rings. The molecule has 4 heterocycles. The maximum Gasteiger partial charge on any atom is 0.145 e. The van der Waals surface area contributed by atoms with Crippen molar-refractivity contribution in [2.45, 2.75) is 29.1 Å². The van der Waals surface area contributed by atoms with Crippen molar-refractivity contribution in [3.05, 3.63) is 139 Å². The van der Waals surface area contributed by atoms with Crippen molar-refractivity contribution in [2.75, 3.05) is 0 Å². The van der Waals surface area contributed by atoms with Gasteiger partial charge in [0.1, 0.15) is 17.1 Å². The number of ether oxygens (including phenoxy) is 1. The Labute approximate surface area is 248 Å². The van der Waals surface area contributed by atoms with Gasteiger partial charge < -0.3 is 4.74 Å². The topological polar surface area (TPSA) is 39.9 Å². The van der Waals surface area contributed by atoms with Crippen molar-refractivity contribution in [3.63, 3.8) is 0 Å². The molecule has 5 heteroatoms. The molecule has 3 aromatic heterocycles. The van der Waals surface area contributed by atoms with Crippen LogP contribution < -0.4 is 4.74 Å². The van der Waals surface area contributed by atoms with Crippen LogP contribution in [0.15, 0.2) is 137 Å². The molecule has 0 aliphatic carbocycles. The summed E-state index contributed by atoms with van der Waals surface area (Å²) in [6.07, 6.45) is 3.68. The van der Waals surface area contributed by atoms with Gasteiger partial charge >= 0.3 is 0 Å². The van der Waals surface area contributed by atoms with Crippen LogP contribution in [0.4, 0.5) is 0 Å². The maximum absolute atomic E-state index is 6.39. The minimum Gasteiger partial charge on any atom is -0.457 e. The lowest BCUT2D eigenvalue weighted by Gasteiger charge is -2.34. The highest BCUT2D eigenvalue weighted by Crippen LogP contribution is 2.51. The summed E-state index contributed by atoms with van der Waals surface area (Å²) < 4.78 is 8.65. The third kappa shape index (κ3) is 4.00. The summed E-state index contributed by atoms with van der Waals surface area (Å²) >= 11 is 1.85. The second-order valence-corrected chi connectivity index (χ2v) is 12.2. The van der Waals surface area contributed by atoms with Gasteiger partial charge in [-0.05, 0) is 77.9 Å². The summed E-state index contributed by atoms with van der Waals surface area (Å²) in [6.45, 7) is 4.66. The summed E-state index contributed by atoms with van der Waals surface area (Å²) in [7, 11) is 0. The van der Waals surface area contributed by atoms with E-state index in [4.69, 9.17) is 9.72 Å². The van der Waals surface area contributed by atoms with E-state index in [1.54, 1.807) is 0 Å². The summed E-state index contributed by atoms with van der Waals surface area (Å²) in [4.78, 5) is 12.0. The molecule has 4 nitrogen and oxygen atoms in total. The zero-order chi connectivity index (χ0) is 28.3. The fraction of sp³-hybridized carbons (Fsp3) is 0.0811. The number of nitrogens with zero attached hydrogens (tertiary/aromatic N) is 3. The van der Waals surface area contributed by atoms with E-state index in [9.17, 15) is 0 Å². The zero-order valence-electron chi connectivity index (χ0n) is 23.3. The molecule has 0 saturated heterocycles. The first-order chi connectivity index (χ1) is 20.6. The molecule has 0 unspecified atom stereocenters. The van der Waals surface area contributed by atoms with Gasteiger partial charge in [0.2, 0.25) is 0 Å². The Balaban J connectivity index is 1.25. The number of hydrogen-bond donors (Lipinski definition) is 0. The van der Waals surface area contributed by atoms with Gasteiger partial charge in [-0.3, -0.25) is 9.55 Å². The number of fused-ring (bicyclic) bond motifs is 5. The molecule has 1 aliphatic rings. The van der Waals surface area contributed by atoms with Gasteiger partial charge in [0.25, 0.3) is 0 Å². The van der Waals surface area contributed by atoms with Gasteiger partial charge in [0.15, 0.2) is 0 Å². The number of aromatic nitrogens is 3. The fourth-order valence-corrected chi connectivity index (χ4v) is 7.52. The molecule has 0 atom stereocenters. The quantitative estimate of drug-likeness (QED) is 0.214. The van der Waals surface area contributed by atoms with E-state index in [0.29, 0.717) is 0 Å². The Bertz CT molecular complexity index is 2130. The summed E-state index contributed by atoms with van der Waals surface area (Å²) in [6, 6.07) is 39.9. The summed E-state index contributed by atoms with van der Waals surface area (Å²) in [5.74, 6) is 1.53. The van der Waals surface area contributed by atoms with Gasteiger partial charge in [-0.15, -0.1) is 0 Å². The van der Waals surface area contributed by atoms with Crippen molar-refractivity contribution < 1.29 is 4.74 Å². The first-order valence-electron chi connectivity index (χ1n) is 14.1. The predicted octanol–water partition coefficient (Wildman–Crippen LogP) is 9.82. The monoisotopic (exact) mass is 561 g/mol. The highest BCUT2D eigenvalue weighted by molar-refractivity contribution is 7.99. The van der Waals surface area contributed by atoms with E-state index in [1.165, 1.54) is 26.3 Å². The smallest absolute Gasteiger partial charge is 0.145 e. The van der Waals surface area contributed by atoms with Crippen molar-refractivity contribution in [1.82, 2.24) is 14.5 Å². The third-order valence-electron chi connectivity index (χ3n) is 8.19. The first-order valence-corrected chi connectivity index (χ1v) is 14.9. The minimum atomic E-state index is -0.0977. The zero-order valence-corrected chi connectivity index (χ0v) is 24.1. The van der Waals surface area contributed by atoms with Crippen LogP contribution in [0, 0.1) is 0 Å². The van der Waals surface area contributed by atoms with Crippen molar-refractivity contribution >= 4 is 33.7 Å². The molecule has 4 aromatic carbocycles. The van der Waals surface area contributed by atoms with E-state index in [1.807, 2.05) is 84.8 Å². The second kappa shape index (κ2) is 9.61. The largest absolute Gasteiger partial charge is 0.457 e. The van der Waals surface area contributed by atoms with E-state index in [2.05, 4.69) is 78.0 Å². The maximum atomic E-state index is 6.39. The normalized spacial score (nSPS) is 13.6. The fourth-order valence-electron chi connectivity index (χ4n) is 6.11. The van der Waals surface area contributed by atoms with Gasteiger partial charge in [-0.2, -0.15) is 0 Å². The minimum absolute atomic E-state index is 0.0977. The molecular formula is C37H27N3OS. The lowest BCUT2D eigenvalue weighted by molar-refractivity contribution is 0.482. The molecular weight excluding hydrogens is 534 g/mol. The van der Waals surface area contributed by atoms with Crippen LogP contribution in [0.25, 0.3) is 38.9 Å². The van der Waals surface area contributed by atoms with Crippen LogP contribution in [0.2, 0.25) is 0 Å². The van der Waals surface area contributed by atoms with Crippen molar-refractivity contribution in [1.29, 1.82) is 0 Å². The Morgan fingerprint density at radius 2 is 1.45 bits per heavy atom. The van der Waals surface area contributed by atoms with E-state index >= 15 is 0 Å². The Morgan fingerprint density at radius 1 is 0.643 bits per heavy atom. The second-order valence-electron chi connectivity index (χ2n) is 11.1. The number of hydrogen-bond acceptors (Lipinski definition) is 4. The Kier molecular flexibility index (Phi) is 5.69. The van der Waals surface area contributed by atoms with Gasteiger partial charge in [-0.25, -0.2) is 4.98 Å². The lowest BCUT2D eigenvalue weighted by Crippen LogP contribution is -2.23. The molecule has 0 amide bonds. The van der Waals surface area contributed by atoms with E-state index < -0.39 is 0 Å². The van der Waals surface area contributed by atoms with Gasteiger partial charge in [-0.1, -0.05) is 68.1 Å². The number of pyridine rings is 2. The molecule has 0 radical (unpaired) electrons. The molecule has 0 spiro atoms. The average molecular weight is 562 g/mol. The van der Waals surface area contributed by atoms with Crippen LogP contribution in [0.3, 0.4) is 0 Å². The molecule has 8 rings (SSSR count). The highest BCUT2D eigenvalue weighted by atomic mass is 32.2. The van der Waals surface area contributed by atoms with Gasteiger partial charge in [0, 0.05) is 50.0 Å². The highest BCUT2D eigenvalue weighted by Gasteiger charge is 2.34. The van der Waals surface area contributed by atoms with Crippen LogP contribution >= 0.6 is 11.8 Å². The van der Waals surface area contributed by atoms with Crippen molar-refractivity contribution in [3.8, 4) is 28.4 Å². The molecule has 202 valence electrons. The van der Waals surface area contributed by atoms with Gasteiger partial charge in [0.05, 0.1) is 16.9 Å². The summed E-state index contributed by atoms with van der Waals surface area (Å²) in [5.41, 5.74) is 7.64. The van der Waals surface area contributed by atoms with E-state index in [-0.39, 0.29) is 5.41 Å². The van der Waals surface area contributed by atoms with E-state index in [0.717, 1.165) is 45.0 Å². The number of rotatable bonds is 4. The predicted molar refractivity (Wildman–Crippen MR) is 171 cm³/mol. The summed E-state index contributed by atoms with van der Waals surface area (Å²) in [5, 5.41) is 2.35. The third-order valence-corrected chi connectivity index (χ3v) is 9.32. The molecule has 0 N–H and O–H groups in total. The molecule has 0 saturated carbocycles. The molecule has 0 fully saturated rings.